The van der Waals surface area contributed by atoms with Crippen molar-refractivity contribution < 1.29 is 9.59 Å². The van der Waals surface area contributed by atoms with Gasteiger partial charge in [0.15, 0.2) is 0 Å². The molecule has 0 spiro atoms. The molecule has 1 aromatic heterocycles. The second-order valence-electron chi connectivity index (χ2n) is 9.04. The molecule has 2 aliphatic heterocycles. The molecule has 2 aliphatic rings. The molecule has 1 unspecified atom stereocenters. The number of nitriles is 1. The molecule has 30 heavy (non-hydrogen) atoms. The Morgan fingerprint density at radius 2 is 1.83 bits per heavy atom. The molecule has 2 saturated heterocycles. The zero-order valence-electron chi connectivity index (χ0n) is 18.8. The van der Waals surface area contributed by atoms with Gasteiger partial charge in [0.2, 0.25) is 5.91 Å². The van der Waals surface area contributed by atoms with Crippen LogP contribution in [0.4, 0.5) is 0 Å². The normalized spacial score (nSPS) is 20.0. The Kier molecular flexibility index (Phi) is 7.02. The highest BCUT2D eigenvalue weighted by Crippen LogP contribution is 2.25. The van der Waals surface area contributed by atoms with Crippen molar-refractivity contribution in [1.82, 2.24) is 14.4 Å². The standard InChI is InChI=1S/C24H34N4O2/c1-17(2)16-28-18(3)13-20(19(28)4)14-21(15-25)23(29)27-12-6-5-9-22(27)24(30)26-10-7-8-11-26/h13-14,17,22H,5-12,16H2,1-4H3/b21-14-. The molecule has 0 bridgehead atoms. The smallest absolute Gasteiger partial charge is 0.265 e. The second kappa shape index (κ2) is 9.51. The van der Waals surface area contributed by atoms with Crippen LogP contribution >= 0.6 is 0 Å². The molecule has 0 aliphatic carbocycles. The summed E-state index contributed by atoms with van der Waals surface area (Å²) in [4.78, 5) is 29.8. The molecule has 0 radical (unpaired) electrons. The van der Waals surface area contributed by atoms with Crippen LogP contribution in [0.1, 0.15) is 62.9 Å². The molecule has 3 heterocycles. The average Bonchev–Trinajstić information content (AvgIpc) is 3.35. The van der Waals surface area contributed by atoms with E-state index in [1.165, 1.54) is 0 Å². The van der Waals surface area contributed by atoms with Crippen LogP contribution in [-0.4, -0.2) is 51.9 Å². The van der Waals surface area contributed by atoms with Gasteiger partial charge in [0.25, 0.3) is 5.91 Å². The fourth-order valence-corrected chi connectivity index (χ4v) is 4.65. The second-order valence-corrected chi connectivity index (χ2v) is 9.04. The third-order valence-electron chi connectivity index (χ3n) is 6.28. The van der Waals surface area contributed by atoms with E-state index in [4.69, 9.17) is 0 Å². The predicted octanol–water partition coefficient (Wildman–Crippen LogP) is 3.67. The summed E-state index contributed by atoms with van der Waals surface area (Å²) in [5.74, 6) is 0.241. The van der Waals surface area contributed by atoms with Crippen molar-refractivity contribution in [3.05, 3.63) is 28.6 Å². The number of rotatable bonds is 5. The molecule has 2 amide bonds. The predicted molar refractivity (Wildman–Crippen MR) is 118 cm³/mol. The van der Waals surface area contributed by atoms with E-state index in [2.05, 4.69) is 31.4 Å². The van der Waals surface area contributed by atoms with Crippen LogP contribution in [0.2, 0.25) is 0 Å². The first-order valence-electron chi connectivity index (χ1n) is 11.2. The van der Waals surface area contributed by atoms with Gasteiger partial charge in [-0.1, -0.05) is 13.8 Å². The molecule has 2 fully saturated rings. The molecule has 0 saturated carbocycles. The molecule has 3 rings (SSSR count). The summed E-state index contributed by atoms with van der Waals surface area (Å²) in [7, 11) is 0. The lowest BCUT2D eigenvalue weighted by Crippen LogP contribution is -2.52. The lowest BCUT2D eigenvalue weighted by atomic mass is 9.99. The van der Waals surface area contributed by atoms with Gasteiger partial charge in [-0.2, -0.15) is 5.26 Å². The summed E-state index contributed by atoms with van der Waals surface area (Å²) < 4.78 is 2.23. The quantitative estimate of drug-likeness (QED) is 0.549. The summed E-state index contributed by atoms with van der Waals surface area (Å²) in [5, 5.41) is 9.77. The van der Waals surface area contributed by atoms with Crippen molar-refractivity contribution in [2.24, 2.45) is 5.92 Å². The number of hydrogen-bond acceptors (Lipinski definition) is 3. The molecule has 0 N–H and O–H groups in total. The summed E-state index contributed by atoms with van der Waals surface area (Å²) in [5.41, 5.74) is 3.20. The van der Waals surface area contributed by atoms with E-state index in [0.717, 1.165) is 62.3 Å². The molecular formula is C24H34N4O2. The first-order valence-corrected chi connectivity index (χ1v) is 11.2. The van der Waals surface area contributed by atoms with E-state index in [9.17, 15) is 14.9 Å². The van der Waals surface area contributed by atoms with Crippen molar-refractivity contribution in [3.8, 4) is 6.07 Å². The number of aryl methyl sites for hydroxylation is 1. The van der Waals surface area contributed by atoms with Gasteiger partial charge in [0.05, 0.1) is 0 Å². The van der Waals surface area contributed by atoms with Gasteiger partial charge in [-0.15, -0.1) is 0 Å². The van der Waals surface area contributed by atoms with Crippen LogP contribution < -0.4 is 0 Å². The number of amides is 2. The van der Waals surface area contributed by atoms with Crippen LogP contribution in [0.5, 0.6) is 0 Å². The van der Waals surface area contributed by atoms with Crippen molar-refractivity contribution in [3.63, 3.8) is 0 Å². The molecule has 6 heteroatoms. The minimum Gasteiger partial charge on any atom is -0.348 e. The number of likely N-dealkylation sites (tertiary alicyclic amines) is 2. The first kappa shape index (κ1) is 22.1. The average molecular weight is 411 g/mol. The minimum absolute atomic E-state index is 0.0490. The van der Waals surface area contributed by atoms with Gasteiger partial charge in [0, 0.05) is 37.6 Å². The Morgan fingerprint density at radius 3 is 2.47 bits per heavy atom. The molecular weight excluding hydrogens is 376 g/mol. The van der Waals surface area contributed by atoms with Crippen molar-refractivity contribution in [1.29, 1.82) is 5.26 Å². The number of aromatic nitrogens is 1. The first-order chi connectivity index (χ1) is 14.3. The van der Waals surface area contributed by atoms with Crippen LogP contribution in [0.3, 0.4) is 0 Å². The number of hydrogen-bond donors (Lipinski definition) is 0. The fraction of sp³-hybridized carbons (Fsp3) is 0.625. The van der Waals surface area contributed by atoms with Gasteiger partial charge in [-0.3, -0.25) is 9.59 Å². The van der Waals surface area contributed by atoms with Gasteiger partial charge < -0.3 is 14.4 Å². The maximum Gasteiger partial charge on any atom is 0.265 e. The van der Waals surface area contributed by atoms with Crippen molar-refractivity contribution in [2.75, 3.05) is 19.6 Å². The lowest BCUT2D eigenvalue weighted by Gasteiger charge is -2.36. The van der Waals surface area contributed by atoms with E-state index in [1.807, 2.05) is 17.9 Å². The van der Waals surface area contributed by atoms with E-state index < -0.39 is 6.04 Å². The zero-order chi connectivity index (χ0) is 21.8. The largest absolute Gasteiger partial charge is 0.348 e. The molecule has 162 valence electrons. The van der Waals surface area contributed by atoms with E-state index in [-0.39, 0.29) is 17.4 Å². The summed E-state index contributed by atoms with van der Waals surface area (Å²) in [6, 6.07) is 3.71. The summed E-state index contributed by atoms with van der Waals surface area (Å²) in [6.07, 6.45) is 6.26. The minimum atomic E-state index is -0.436. The number of nitrogens with zero attached hydrogens (tertiary/aromatic N) is 4. The highest BCUT2D eigenvalue weighted by molar-refractivity contribution is 6.03. The molecule has 6 nitrogen and oxygen atoms in total. The van der Waals surface area contributed by atoms with Crippen LogP contribution in [-0.2, 0) is 16.1 Å². The SMILES string of the molecule is Cc1cc(/C=C(/C#N)C(=O)N2CCCCC2C(=O)N2CCCC2)c(C)n1CC(C)C. The third-order valence-corrected chi connectivity index (χ3v) is 6.28. The Hall–Kier alpha value is -2.55. The topological polar surface area (TPSA) is 69.3 Å². The van der Waals surface area contributed by atoms with Gasteiger partial charge in [0.1, 0.15) is 17.7 Å². The fourth-order valence-electron chi connectivity index (χ4n) is 4.65. The maximum atomic E-state index is 13.3. The van der Waals surface area contributed by atoms with Gasteiger partial charge in [-0.05, 0) is 69.6 Å². The Labute approximate surface area is 180 Å². The summed E-state index contributed by atoms with van der Waals surface area (Å²) >= 11 is 0. The van der Waals surface area contributed by atoms with E-state index in [1.54, 1.807) is 11.0 Å². The molecule has 1 atom stereocenters. The van der Waals surface area contributed by atoms with E-state index >= 15 is 0 Å². The van der Waals surface area contributed by atoms with Crippen LogP contribution in [0.15, 0.2) is 11.6 Å². The molecule has 0 aromatic carbocycles. The third kappa shape index (κ3) is 4.61. The Morgan fingerprint density at radius 1 is 1.17 bits per heavy atom. The number of piperidine rings is 1. The Bertz CT molecular complexity index is 869. The number of carbonyl (C=O) groups excluding carboxylic acids is 2. The highest BCUT2D eigenvalue weighted by atomic mass is 16.2. The summed E-state index contributed by atoms with van der Waals surface area (Å²) in [6.45, 7) is 11.4. The lowest BCUT2D eigenvalue weighted by molar-refractivity contribution is -0.144. The number of carbonyl (C=O) groups is 2. The van der Waals surface area contributed by atoms with Crippen molar-refractivity contribution in [2.45, 2.75) is 72.4 Å². The van der Waals surface area contributed by atoms with Gasteiger partial charge in [-0.25, -0.2) is 0 Å². The zero-order valence-corrected chi connectivity index (χ0v) is 18.8. The maximum absolute atomic E-state index is 13.3. The van der Waals surface area contributed by atoms with E-state index in [0.29, 0.717) is 18.9 Å². The van der Waals surface area contributed by atoms with Crippen molar-refractivity contribution >= 4 is 17.9 Å². The molecule has 1 aromatic rings. The van der Waals surface area contributed by atoms with Crippen LogP contribution in [0, 0.1) is 31.1 Å². The van der Waals surface area contributed by atoms with Gasteiger partial charge >= 0.3 is 0 Å². The monoisotopic (exact) mass is 410 g/mol. The Balaban J connectivity index is 1.86. The highest BCUT2D eigenvalue weighted by Gasteiger charge is 2.36. The van der Waals surface area contributed by atoms with Crippen LogP contribution in [0.25, 0.3) is 6.08 Å².